The van der Waals surface area contributed by atoms with E-state index in [0.717, 1.165) is 20.3 Å². The predicted molar refractivity (Wildman–Crippen MR) is 85.2 cm³/mol. The van der Waals surface area contributed by atoms with Crippen molar-refractivity contribution in [1.82, 2.24) is 0 Å². The first kappa shape index (κ1) is 15.4. The lowest BCUT2D eigenvalue weighted by molar-refractivity contribution is 0.209. The number of para-hydroxylation sites is 1. The summed E-state index contributed by atoms with van der Waals surface area (Å²) >= 11 is 6.80. The van der Waals surface area contributed by atoms with Crippen LogP contribution >= 0.6 is 31.9 Å². The zero-order valence-electron chi connectivity index (χ0n) is 10.7. The van der Waals surface area contributed by atoms with Gasteiger partial charge in [-0.2, -0.15) is 0 Å². The molecule has 3 nitrogen and oxygen atoms in total. The molecule has 0 saturated carbocycles. The number of ether oxygens (including phenoxy) is 2. The van der Waals surface area contributed by atoms with E-state index in [1.54, 1.807) is 0 Å². The summed E-state index contributed by atoms with van der Waals surface area (Å²) in [6.45, 7) is 0.784. The van der Waals surface area contributed by atoms with Crippen LogP contribution in [0.5, 0.6) is 11.5 Å². The maximum atomic E-state index is 9.27. The van der Waals surface area contributed by atoms with Crippen LogP contribution < -0.4 is 9.47 Å². The highest BCUT2D eigenvalue weighted by Gasteiger charge is 2.07. The minimum Gasteiger partial charge on any atom is -0.490 e. The highest BCUT2D eigenvalue weighted by atomic mass is 79.9. The van der Waals surface area contributed by atoms with Gasteiger partial charge in [0.15, 0.2) is 0 Å². The molecule has 2 rings (SSSR count). The smallest absolute Gasteiger partial charge is 0.139 e. The molecular weight excluding hydrogens is 388 g/mol. The first-order chi connectivity index (χ1) is 9.70. The van der Waals surface area contributed by atoms with Crippen LogP contribution in [-0.4, -0.2) is 18.3 Å². The molecule has 0 bridgehead atoms. The van der Waals surface area contributed by atoms with Crippen LogP contribution in [0, 0.1) is 0 Å². The molecule has 5 heteroatoms. The molecule has 2 aromatic rings. The Morgan fingerprint density at radius 3 is 2.45 bits per heavy atom. The first-order valence-electron chi connectivity index (χ1n) is 6.10. The van der Waals surface area contributed by atoms with Gasteiger partial charge in [-0.3, -0.25) is 0 Å². The van der Waals surface area contributed by atoms with Gasteiger partial charge in [-0.25, -0.2) is 0 Å². The minimum absolute atomic E-state index is 0.0543. The predicted octanol–water partition coefficient (Wildman–Crippen LogP) is 4.16. The minimum atomic E-state index is -0.0543. The molecular formula is C15H14Br2O3. The van der Waals surface area contributed by atoms with Gasteiger partial charge in [0.05, 0.1) is 11.1 Å². The normalized spacial score (nSPS) is 10.3. The molecule has 0 heterocycles. The molecule has 2 aromatic carbocycles. The number of hydrogen-bond acceptors (Lipinski definition) is 3. The summed E-state index contributed by atoms with van der Waals surface area (Å²) < 4.78 is 13.1. The van der Waals surface area contributed by atoms with Crippen molar-refractivity contribution < 1.29 is 14.6 Å². The van der Waals surface area contributed by atoms with E-state index in [2.05, 4.69) is 31.9 Å². The molecule has 0 aromatic heterocycles. The summed E-state index contributed by atoms with van der Waals surface area (Å²) in [4.78, 5) is 0. The third-order valence-corrected chi connectivity index (χ3v) is 3.73. The van der Waals surface area contributed by atoms with Crippen molar-refractivity contribution in [3.63, 3.8) is 0 Å². The fraction of sp³-hybridized carbons (Fsp3) is 0.200. The van der Waals surface area contributed by atoms with Crippen LogP contribution in [-0.2, 0) is 6.61 Å². The fourth-order valence-electron chi connectivity index (χ4n) is 1.70. The Kier molecular flexibility index (Phi) is 5.88. The number of aliphatic hydroxyl groups excluding tert-OH is 1. The van der Waals surface area contributed by atoms with Gasteiger partial charge in [-0.15, -0.1) is 0 Å². The molecule has 106 valence electrons. The third kappa shape index (κ3) is 4.23. The molecule has 0 fully saturated rings. The van der Waals surface area contributed by atoms with Crippen molar-refractivity contribution in [1.29, 1.82) is 0 Å². The first-order valence-corrected chi connectivity index (χ1v) is 7.68. The zero-order chi connectivity index (χ0) is 14.4. The van der Waals surface area contributed by atoms with Gasteiger partial charge >= 0.3 is 0 Å². The van der Waals surface area contributed by atoms with Gasteiger partial charge in [0.2, 0.25) is 0 Å². The molecule has 0 unspecified atom stereocenters. The van der Waals surface area contributed by atoms with E-state index < -0.39 is 0 Å². The summed E-state index contributed by atoms with van der Waals surface area (Å²) in [7, 11) is 0. The Bertz CT molecular complexity index is 573. The summed E-state index contributed by atoms with van der Waals surface area (Å²) in [5.41, 5.74) is 0.752. The van der Waals surface area contributed by atoms with Crippen molar-refractivity contribution in [3.05, 3.63) is 57.0 Å². The van der Waals surface area contributed by atoms with Crippen molar-refractivity contribution >= 4 is 31.9 Å². The van der Waals surface area contributed by atoms with Crippen molar-refractivity contribution in [2.75, 3.05) is 13.2 Å². The average Bonchev–Trinajstić information content (AvgIpc) is 2.45. The number of hydrogen-bond donors (Lipinski definition) is 1. The van der Waals surface area contributed by atoms with Gasteiger partial charge in [0, 0.05) is 10.0 Å². The number of aliphatic hydroxyl groups is 1. The highest BCUT2D eigenvalue weighted by Crippen LogP contribution is 2.29. The van der Waals surface area contributed by atoms with E-state index in [1.165, 1.54) is 0 Å². The molecule has 1 N–H and O–H groups in total. The van der Waals surface area contributed by atoms with Crippen LogP contribution in [0.2, 0.25) is 0 Å². The Hall–Kier alpha value is -1.04. The molecule has 0 aliphatic heterocycles. The SMILES string of the molecule is OCc1cccc(Br)c1OCCOc1cccc(Br)c1. The summed E-state index contributed by atoms with van der Waals surface area (Å²) in [5, 5.41) is 9.27. The van der Waals surface area contributed by atoms with Gasteiger partial charge in [-0.1, -0.05) is 34.1 Å². The van der Waals surface area contributed by atoms with Gasteiger partial charge in [-0.05, 0) is 40.2 Å². The Morgan fingerprint density at radius 2 is 1.70 bits per heavy atom. The molecule has 0 amide bonds. The Morgan fingerprint density at radius 1 is 0.950 bits per heavy atom. The van der Waals surface area contributed by atoms with E-state index in [-0.39, 0.29) is 6.61 Å². The average molecular weight is 402 g/mol. The molecule has 0 aliphatic carbocycles. The maximum Gasteiger partial charge on any atom is 0.139 e. The summed E-state index contributed by atoms with van der Waals surface area (Å²) in [6, 6.07) is 13.2. The van der Waals surface area contributed by atoms with E-state index in [0.29, 0.717) is 19.0 Å². The van der Waals surface area contributed by atoms with Crippen molar-refractivity contribution in [2.24, 2.45) is 0 Å². The van der Waals surface area contributed by atoms with Gasteiger partial charge in [0.1, 0.15) is 24.7 Å². The third-order valence-electron chi connectivity index (χ3n) is 2.61. The fourth-order valence-corrected chi connectivity index (χ4v) is 2.60. The van der Waals surface area contributed by atoms with E-state index in [9.17, 15) is 5.11 Å². The van der Waals surface area contributed by atoms with Gasteiger partial charge < -0.3 is 14.6 Å². The summed E-state index contributed by atoms with van der Waals surface area (Å²) in [6.07, 6.45) is 0. The van der Waals surface area contributed by atoms with Crippen molar-refractivity contribution in [3.8, 4) is 11.5 Å². The van der Waals surface area contributed by atoms with Gasteiger partial charge in [0.25, 0.3) is 0 Å². The Labute approximate surface area is 134 Å². The van der Waals surface area contributed by atoms with E-state index in [4.69, 9.17) is 9.47 Å². The lowest BCUT2D eigenvalue weighted by atomic mass is 10.2. The molecule has 0 radical (unpaired) electrons. The van der Waals surface area contributed by atoms with Crippen LogP contribution in [0.3, 0.4) is 0 Å². The molecule has 0 spiro atoms. The second-order valence-electron chi connectivity index (χ2n) is 4.04. The van der Waals surface area contributed by atoms with E-state index >= 15 is 0 Å². The highest BCUT2D eigenvalue weighted by molar-refractivity contribution is 9.10. The second kappa shape index (κ2) is 7.67. The van der Waals surface area contributed by atoms with Crippen LogP contribution in [0.15, 0.2) is 51.4 Å². The number of rotatable bonds is 6. The molecule has 0 atom stereocenters. The van der Waals surface area contributed by atoms with Crippen LogP contribution in [0.4, 0.5) is 0 Å². The largest absolute Gasteiger partial charge is 0.490 e. The maximum absolute atomic E-state index is 9.27. The zero-order valence-corrected chi connectivity index (χ0v) is 13.9. The lowest BCUT2D eigenvalue weighted by Crippen LogP contribution is -2.10. The van der Waals surface area contributed by atoms with Crippen molar-refractivity contribution in [2.45, 2.75) is 6.61 Å². The second-order valence-corrected chi connectivity index (χ2v) is 5.81. The van der Waals surface area contributed by atoms with E-state index in [1.807, 2.05) is 42.5 Å². The number of halogens is 2. The van der Waals surface area contributed by atoms with Crippen LogP contribution in [0.25, 0.3) is 0 Å². The summed E-state index contributed by atoms with van der Waals surface area (Å²) in [5.74, 6) is 1.45. The quantitative estimate of drug-likeness (QED) is 0.738. The number of benzene rings is 2. The standard InChI is InChI=1S/C15H14Br2O3/c16-12-4-2-5-13(9-12)19-7-8-20-15-11(10-18)3-1-6-14(15)17/h1-6,9,18H,7-8,10H2. The lowest BCUT2D eigenvalue weighted by Gasteiger charge is -2.12. The molecule has 0 aliphatic rings. The monoisotopic (exact) mass is 400 g/mol. The Balaban J connectivity index is 1.87. The topological polar surface area (TPSA) is 38.7 Å². The van der Waals surface area contributed by atoms with Crippen LogP contribution in [0.1, 0.15) is 5.56 Å². The molecule has 20 heavy (non-hydrogen) atoms. The molecule has 0 saturated heterocycles.